The third-order valence-electron chi connectivity index (χ3n) is 2.72. The van der Waals surface area contributed by atoms with Gasteiger partial charge in [0.1, 0.15) is 4.49 Å². The van der Waals surface area contributed by atoms with Gasteiger partial charge >= 0.3 is 5.97 Å². The molecule has 0 heterocycles. The van der Waals surface area contributed by atoms with Crippen molar-refractivity contribution in [1.29, 1.82) is 0 Å². The first-order valence-corrected chi connectivity index (χ1v) is 5.05. The molecule has 14 heavy (non-hydrogen) atoms. The standard InChI is InChI=1S/C10H12Cl2O2/c1-10(2)6(8(10)9(13)14)4-3-5-7(11)12/h3-6,8H,1-2H3,(H,13,14)/b4-3+. The smallest absolute Gasteiger partial charge is 0.307 e. The Morgan fingerprint density at radius 3 is 2.36 bits per heavy atom. The van der Waals surface area contributed by atoms with Crippen LogP contribution in [0.15, 0.2) is 22.7 Å². The lowest BCUT2D eigenvalue weighted by atomic mass is 10.1. The number of halogens is 2. The molecule has 0 aromatic carbocycles. The first-order chi connectivity index (χ1) is 6.37. The fraction of sp³-hybridized carbons (Fsp3) is 0.500. The highest BCUT2D eigenvalue weighted by Gasteiger charge is 2.60. The van der Waals surface area contributed by atoms with E-state index in [0.717, 1.165) is 0 Å². The number of hydrogen-bond donors (Lipinski definition) is 1. The van der Waals surface area contributed by atoms with E-state index in [-0.39, 0.29) is 21.7 Å². The highest BCUT2D eigenvalue weighted by molar-refractivity contribution is 6.55. The summed E-state index contributed by atoms with van der Waals surface area (Å²) >= 11 is 10.8. The van der Waals surface area contributed by atoms with Gasteiger partial charge in [0.05, 0.1) is 5.92 Å². The van der Waals surface area contributed by atoms with Gasteiger partial charge in [0, 0.05) is 0 Å². The second-order valence-electron chi connectivity index (χ2n) is 4.00. The van der Waals surface area contributed by atoms with Gasteiger partial charge in [0.15, 0.2) is 0 Å². The topological polar surface area (TPSA) is 37.3 Å². The van der Waals surface area contributed by atoms with E-state index in [0.29, 0.717) is 0 Å². The van der Waals surface area contributed by atoms with Crippen LogP contribution in [0.3, 0.4) is 0 Å². The van der Waals surface area contributed by atoms with E-state index in [1.165, 1.54) is 6.08 Å². The third kappa shape index (κ3) is 2.31. The summed E-state index contributed by atoms with van der Waals surface area (Å²) in [6.07, 6.45) is 5.07. The molecule has 78 valence electrons. The van der Waals surface area contributed by atoms with Crippen molar-refractivity contribution in [1.82, 2.24) is 0 Å². The third-order valence-corrected chi connectivity index (χ3v) is 2.97. The van der Waals surface area contributed by atoms with Crippen LogP contribution in [0.25, 0.3) is 0 Å². The van der Waals surface area contributed by atoms with Gasteiger partial charge in [-0.2, -0.15) is 0 Å². The molecule has 1 fully saturated rings. The molecule has 2 nitrogen and oxygen atoms in total. The summed E-state index contributed by atoms with van der Waals surface area (Å²) in [6.45, 7) is 3.87. The first-order valence-electron chi connectivity index (χ1n) is 4.29. The zero-order chi connectivity index (χ0) is 10.9. The van der Waals surface area contributed by atoms with Crippen molar-refractivity contribution in [3.8, 4) is 0 Å². The molecule has 1 aliphatic rings. The van der Waals surface area contributed by atoms with Crippen molar-refractivity contribution in [3.63, 3.8) is 0 Å². The van der Waals surface area contributed by atoms with E-state index in [1.54, 1.807) is 6.08 Å². The lowest BCUT2D eigenvalue weighted by molar-refractivity contribution is -0.139. The maximum atomic E-state index is 10.8. The van der Waals surface area contributed by atoms with Gasteiger partial charge in [-0.3, -0.25) is 4.79 Å². The summed E-state index contributed by atoms with van der Waals surface area (Å²) in [5, 5.41) is 8.87. The van der Waals surface area contributed by atoms with Gasteiger partial charge in [-0.15, -0.1) is 0 Å². The Kier molecular flexibility index (Phi) is 3.28. The molecule has 0 aromatic rings. The van der Waals surface area contributed by atoms with E-state index in [4.69, 9.17) is 28.3 Å². The lowest BCUT2D eigenvalue weighted by Gasteiger charge is -1.95. The molecule has 1 rings (SSSR count). The molecule has 2 atom stereocenters. The Labute approximate surface area is 93.2 Å². The fourth-order valence-corrected chi connectivity index (χ4v) is 1.90. The van der Waals surface area contributed by atoms with Crippen LogP contribution in [0.1, 0.15) is 13.8 Å². The van der Waals surface area contributed by atoms with Crippen LogP contribution < -0.4 is 0 Å². The lowest BCUT2D eigenvalue weighted by Crippen LogP contribution is -2.02. The molecule has 1 N–H and O–H groups in total. The number of carboxylic acid groups (broad SMARTS) is 1. The van der Waals surface area contributed by atoms with Gasteiger partial charge in [-0.05, 0) is 17.4 Å². The average molecular weight is 235 g/mol. The average Bonchev–Trinajstić information content (AvgIpc) is 2.52. The van der Waals surface area contributed by atoms with Crippen LogP contribution >= 0.6 is 23.2 Å². The molecule has 0 amide bonds. The van der Waals surface area contributed by atoms with Crippen molar-refractivity contribution in [2.75, 3.05) is 0 Å². The van der Waals surface area contributed by atoms with Crippen LogP contribution in [0.4, 0.5) is 0 Å². The number of rotatable bonds is 3. The van der Waals surface area contributed by atoms with Crippen molar-refractivity contribution >= 4 is 29.2 Å². The predicted molar refractivity (Wildman–Crippen MR) is 57.3 cm³/mol. The van der Waals surface area contributed by atoms with E-state index >= 15 is 0 Å². The second kappa shape index (κ2) is 3.95. The van der Waals surface area contributed by atoms with Crippen LogP contribution in [0.5, 0.6) is 0 Å². The predicted octanol–water partition coefficient (Wildman–Crippen LogP) is 3.22. The minimum atomic E-state index is -0.745. The molecule has 2 unspecified atom stereocenters. The molecule has 1 saturated carbocycles. The minimum Gasteiger partial charge on any atom is -0.481 e. The normalized spacial score (nSPS) is 28.9. The fourth-order valence-electron chi connectivity index (χ4n) is 1.76. The van der Waals surface area contributed by atoms with E-state index in [1.807, 2.05) is 19.9 Å². The minimum absolute atomic E-state index is 0.0731. The largest absolute Gasteiger partial charge is 0.481 e. The molecule has 0 spiro atoms. The van der Waals surface area contributed by atoms with Gasteiger partial charge in [-0.25, -0.2) is 0 Å². The number of aliphatic carboxylic acids is 1. The van der Waals surface area contributed by atoms with Crippen LogP contribution in [-0.4, -0.2) is 11.1 Å². The SMILES string of the molecule is CC1(C)C(/C=C/C=C(Cl)Cl)C1C(=O)O. The molecule has 0 radical (unpaired) electrons. The molecular weight excluding hydrogens is 223 g/mol. The molecule has 0 aliphatic heterocycles. The van der Waals surface area contributed by atoms with Gasteiger partial charge in [0.2, 0.25) is 0 Å². The summed E-state index contributed by atoms with van der Waals surface area (Å²) in [5.41, 5.74) is -0.158. The highest BCUT2D eigenvalue weighted by Crippen LogP contribution is 2.59. The number of allylic oxidation sites excluding steroid dienone is 3. The maximum absolute atomic E-state index is 10.8. The molecule has 1 aliphatic carbocycles. The highest BCUT2D eigenvalue weighted by atomic mass is 35.5. The Morgan fingerprint density at radius 1 is 1.43 bits per heavy atom. The maximum Gasteiger partial charge on any atom is 0.307 e. The number of carboxylic acids is 1. The Bertz CT molecular complexity index is 301. The molecule has 0 saturated heterocycles. The molecule has 4 heteroatoms. The number of carbonyl (C=O) groups is 1. The number of hydrogen-bond acceptors (Lipinski definition) is 1. The summed E-state index contributed by atoms with van der Waals surface area (Å²) in [4.78, 5) is 10.8. The second-order valence-corrected chi connectivity index (χ2v) is 5.01. The summed E-state index contributed by atoms with van der Waals surface area (Å²) in [6, 6.07) is 0. The van der Waals surface area contributed by atoms with Gasteiger partial charge in [0.25, 0.3) is 0 Å². The first kappa shape index (κ1) is 11.6. The summed E-state index contributed by atoms with van der Waals surface area (Å²) in [7, 11) is 0. The quantitative estimate of drug-likeness (QED) is 0.762. The zero-order valence-electron chi connectivity index (χ0n) is 8.00. The molecular formula is C10H12Cl2O2. The van der Waals surface area contributed by atoms with Crippen LogP contribution in [0.2, 0.25) is 0 Å². The van der Waals surface area contributed by atoms with E-state index in [9.17, 15) is 4.79 Å². The van der Waals surface area contributed by atoms with E-state index in [2.05, 4.69) is 0 Å². The van der Waals surface area contributed by atoms with Gasteiger partial charge < -0.3 is 5.11 Å². The van der Waals surface area contributed by atoms with Crippen molar-refractivity contribution < 1.29 is 9.90 Å². The van der Waals surface area contributed by atoms with E-state index < -0.39 is 5.97 Å². The Balaban J connectivity index is 2.62. The Hall–Kier alpha value is -0.470. The Morgan fingerprint density at radius 2 is 2.00 bits per heavy atom. The van der Waals surface area contributed by atoms with Crippen LogP contribution in [0, 0.1) is 17.3 Å². The van der Waals surface area contributed by atoms with Gasteiger partial charge in [-0.1, -0.05) is 49.2 Å². The molecule has 0 bridgehead atoms. The van der Waals surface area contributed by atoms with Crippen molar-refractivity contribution in [2.45, 2.75) is 13.8 Å². The summed E-state index contributed by atoms with van der Waals surface area (Å²) < 4.78 is 0.173. The zero-order valence-corrected chi connectivity index (χ0v) is 9.51. The van der Waals surface area contributed by atoms with Crippen LogP contribution in [-0.2, 0) is 4.79 Å². The van der Waals surface area contributed by atoms with Crippen molar-refractivity contribution in [3.05, 3.63) is 22.7 Å². The monoisotopic (exact) mass is 234 g/mol. The van der Waals surface area contributed by atoms with Crippen molar-refractivity contribution in [2.24, 2.45) is 17.3 Å². The molecule has 0 aromatic heterocycles. The summed E-state index contributed by atoms with van der Waals surface area (Å²) in [5.74, 6) is -0.962.